The number of methoxy groups -OCH3 is 2. The summed E-state index contributed by atoms with van der Waals surface area (Å²) in [5.74, 6) is 1.75. The molecule has 0 aliphatic heterocycles. The lowest BCUT2D eigenvalue weighted by molar-refractivity contribution is 0.414. The van der Waals surface area contributed by atoms with E-state index >= 15 is 0 Å². The maximum Gasteiger partial charge on any atom is 0.118 e. The summed E-state index contributed by atoms with van der Waals surface area (Å²) < 4.78 is 10.6. The normalized spacial score (nSPS) is 10.5. The molecule has 0 aliphatic carbocycles. The minimum absolute atomic E-state index is 0.872. The molecular formula is C22H22O2. The van der Waals surface area contributed by atoms with E-state index in [-0.39, 0.29) is 0 Å². The molecule has 0 fully saturated rings. The predicted molar refractivity (Wildman–Crippen MR) is 99.8 cm³/mol. The Balaban J connectivity index is 2.15. The summed E-state index contributed by atoms with van der Waals surface area (Å²) in [6.07, 6.45) is 0.991. The van der Waals surface area contributed by atoms with E-state index in [2.05, 4.69) is 49.4 Å². The Morgan fingerprint density at radius 3 is 1.71 bits per heavy atom. The molecule has 0 saturated carbocycles. The first kappa shape index (κ1) is 16.1. The van der Waals surface area contributed by atoms with E-state index in [1.165, 1.54) is 27.8 Å². The topological polar surface area (TPSA) is 18.5 Å². The molecule has 0 atom stereocenters. The van der Waals surface area contributed by atoms with E-state index < -0.39 is 0 Å². The number of ether oxygens (including phenoxy) is 2. The fourth-order valence-electron chi connectivity index (χ4n) is 3.00. The molecule has 0 saturated heterocycles. The van der Waals surface area contributed by atoms with Gasteiger partial charge in [-0.1, -0.05) is 49.4 Å². The zero-order chi connectivity index (χ0) is 16.9. The Hall–Kier alpha value is -2.74. The highest BCUT2D eigenvalue weighted by Gasteiger charge is 2.12. The Bertz CT molecular complexity index is 802. The van der Waals surface area contributed by atoms with Crippen LogP contribution in [0.2, 0.25) is 0 Å². The lowest BCUT2D eigenvalue weighted by Gasteiger charge is -2.15. The summed E-state index contributed by atoms with van der Waals surface area (Å²) in [7, 11) is 3.38. The van der Waals surface area contributed by atoms with Crippen LogP contribution in [0.3, 0.4) is 0 Å². The Morgan fingerprint density at radius 2 is 1.21 bits per heavy atom. The molecule has 0 radical (unpaired) electrons. The van der Waals surface area contributed by atoms with Crippen molar-refractivity contribution in [3.63, 3.8) is 0 Å². The summed E-state index contributed by atoms with van der Waals surface area (Å²) >= 11 is 0. The van der Waals surface area contributed by atoms with Gasteiger partial charge in [-0.3, -0.25) is 0 Å². The molecule has 3 aromatic rings. The molecule has 0 amide bonds. The van der Waals surface area contributed by atoms with Gasteiger partial charge in [-0.2, -0.15) is 0 Å². The van der Waals surface area contributed by atoms with Crippen molar-refractivity contribution in [1.29, 1.82) is 0 Å². The van der Waals surface area contributed by atoms with Crippen molar-refractivity contribution in [2.24, 2.45) is 0 Å². The van der Waals surface area contributed by atoms with Crippen molar-refractivity contribution in [2.45, 2.75) is 13.3 Å². The van der Waals surface area contributed by atoms with Crippen LogP contribution in [0.1, 0.15) is 12.5 Å². The molecule has 24 heavy (non-hydrogen) atoms. The lowest BCUT2D eigenvalue weighted by atomic mass is 9.89. The van der Waals surface area contributed by atoms with Crippen molar-refractivity contribution >= 4 is 0 Å². The maximum atomic E-state index is 5.29. The smallest absolute Gasteiger partial charge is 0.118 e. The number of hydrogen-bond donors (Lipinski definition) is 0. The fraction of sp³-hybridized carbons (Fsp3) is 0.182. The average molecular weight is 318 g/mol. The summed E-state index contributed by atoms with van der Waals surface area (Å²) in [5, 5.41) is 0. The zero-order valence-electron chi connectivity index (χ0n) is 14.4. The fourth-order valence-corrected chi connectivity index (χ4v) is 3.00. The SMILES string of the molecule is CCc1cccc(-c2ccc(OC)cc2)c1-c1ccc(OC)cc1. The van der Waals surface area contributed by atoms with Crippen LogP contribution in [0, 0.1) is 0 Å². The third kappa shape index (κ3) is 3.13. The first-order chi connectivity index (χ1) is 11.8. The van der Waals surface area contributed by atoms with Crippen LogP contribution in [0.15, 0.2) is 66.7 Å². The second kappa shape index (κ2) is 7.22. The Kier molecular flexibility index (Phi) is 4.85. The number of hydrogen-bond acceptors (Lipinski definition) is 2. The van der Waals surface area contributed by atoms with Gasteiger partial charge in [0.25, 0.3) is 0 Å². The van der Waals surface area contributed by atoms with Gasteiger partial charge < -0.3 is 9.47 Å². The third-order valence-electron chi connectivity index (χ3n) is 4.31. The zero-order valence-corrected chi connectivity index (χ0v) is 14.4. The van der Waals surface area contributed by atoms with E-state index in [0.717, 1.165) is 17.9 Å². The van der Waals surface area contributed by atoms with Crippen molar-refractivity contribution in [2.75, 3.05) is 14.2 Å². The van der Waals surface area contributed by atoms with E-state index in [1.54, 1.807) is 14.2 Å². The molecule has 0 aromatic heterocycles. The van der Waals surface area contributed by atoms with E-state index in [1.807, 2.05) is 24.3 Å². The van der Waals surface area contributed by atoms with Crippen LogP contribution < -0.4 is 9.47 Å². The molecule has 0 spiro atoms. The third-order valence-corrected chi connectivity index (χ3v) is 4.31. The monoisotopic (exact) mass is 318 g/mol. The van der Waals surface area contributed by atoms with E-state index in [4.69, 9.17) is 9.47 Å². The lowest BCUT2D eigenvalue weighted by Crippen LogP contribution is -1.93. The minimum atomic E-state index is 0.872. The molecular weight excluding hydrogens is 296 g/mol. The molecule has 2 heteroatoms. The highest BCUT2D eigenvalue weighted by atomic mass is 16.5. The second-order valence-electron chi connectivity index (χ2n) is 5.65. The second-order valence-corrected chi connectivity index (χ2v) is 5.65. The van der Waals surface area contributed by atoms with Crippen LogP contribution in [0.25, 0.3) is 22.3 Å². The quantitative estimate of drug-likeness (QED) is 0.609. The standard InChI is InChI=1S/C22H22O2/c1-4-16-6-5-7-21(17-8-12-19(23-2)13-9-17)22(16)18-10-14-20(24-3)15-11-18/h5-15H,4H2,1-3H3. The predicted octanol–water partition coefficient (Wildman–Crippen LogP) is 5.60. The van der Waals surface area contributed by atoms with Crippen molar-refractivity contribution in [1.82, 2.24) is 0 Å². The first-order valence-electron chi connectivity index (χ1n) is 8.17. The van der Waals surface area contributed by atoms with Gasteiger partial charge >= 0.3 is 0 Å². The van der Waals surface area contributed by atoms with Gasteiger partial charge in [0.1, 0.15) is 11.5 Å². The van der Waals surface area contributed by atoms with Gasteiger partial charge in [-0.05, 0) is 58.5 Å². The largest absolute Gasteiger partial charge is 0.497 e. The van der Waals surface area contributed by atoms with Crippen molar-refractivity contribution < 1.29 is 9.47 Å². The molecule has 3 rings (SSSR count). The van der Waals surface area contributed by atoms with Gasteiger partial charge in [0.2, 0.25) is 0 Å². The van der Waals surface area contributed by atoms with Gasteiger partial charge in [0, 0.05) is 0 Å². The number of aryl methyl sites for hydroxylation is 1. The number of rotatable bonds is 5. The van der Waals surface area contributed by atoms with Gasteiger partial charge in [0.15, 0.2) is 0 Å². The summed E-state index contributed by atoms with van der Waals surface area (Å²) in [4.78, 5) is 0. The van der Waals surface area contributed by atoms with Gasteiger partial charge in [-0.15, -0.1) is 0 Å². The summed E-state index contributed by atoms with van der Waals surface area (Å²) in [5.41, 5.74) is 6.26. The van der Waals surface area contributed by atoms with Crippen LogP contribution >= 0.6 is 0 Å². The van der Waals surface area contributed by atoms with Crippen LogP contribution in [-0.2, 0) is 6.42 Å². The van der Waals surface area contributed by atoms with Gasteiger partial charge in [-0.25, -0.2) is 0 Å². The molecule has 0 heterocycles. The van der Waals surface area contributed by atoms with Gasteiger partial charge in [0.05, 0.1) is 14.2 Å². The molecule has 0 bridgehead atoms. The summed E-state index contributed by atoms with van der Waals surface area (Å²) in [6, 6.07) is 23.0. The van der Waals surface area contributed by atoms with Crippen LogP contribution in [0.4, 0.5) is 0 Å². The van der Waals surface area contributed by atoms with Crippen LogP contribution in [0.5, 0.6) is 11.5 Å². The molecule has 122 valence electrons. The maximum absolute atomic E-state index is 5.29. The van der Waals surface area contributed by atoms with Crippen LogP contribution in [-0.4, -0.2) is 14.2 Å². The molecule has 0 N–H and O–H groups in total. The van der Waals surface area contributed by atoms with Crippen molar-refractivity contribution in [3.8, 4) is 33.8 Å². The Labute approximate surface area is 143 Å². The van der Waals surface area contributed by atoms with E-state index in [9.17, 15) is 0 Å². The highest BCUT2D eigenvalue weighted by Crippen LogP contribution is 2.36. The molecule has 0 unspecified atom stereocenters. The number of benzene rings is 3. The minimum Gasteiger partial charge on any atom is -0.497 e. The highest BCUT2D eigenvalue weighted by molar-refractivity contribution is 5.86. The summed E-state index contributed by atoms with van der Waals surface area (Å²) in [6.45, 7) is 2.19. The average Bonchev–Trinajstić information content (AvgIpc) is 2.67. The molecule has 2 nitrogen and oxygen atoms in total. The first-order valence-corrected chi connectivity index (χ1v) is 8.17. The van der Waals surface area contributed by atoms with E-state index in [0.29, 0.717) is 0 Å². The molecule has 0 aliphatic rings. The van der Waals surface area contributed by atoms with Crippen molar-refractivity contribution in [3.05, 3.63) is 72.3 Å². The Morgan fingerprint density at radius 1 is 0.667 bits per heavy atom. The molecule has 3 aromatic carbocycles.